The lowest BCUT2D eigenvalue weighted by Gasteiger charge is -2.32. The van der Waals surface area contributed by atoms with Crippen LogP contribution in [0.15, 0.2) is 42.5 Å². The van der Waals surface area contributed by atoms with E-state index in [1.54, 1.807) is 25.1 Å². The van der Waals surface area contributed by atoms with Gasteiger partial charge in [0.05, 0.1) is 17.5 Å². The van der Waals surface area contributed by atoms with E-state index in [1.807, 2.05) is 6.92 Å². The van der Waals surface area contributed by atoms with Gasteiger partial charge >= 0.3 is 6.18 Å². The molecule has 0 aromatic heterocycles. The molecule has 2 atom stereocenters. The van der Waals surface area contributed by atoms with Gasteiger partial charge in [-0.2, -0.15) is 13.2 Å². The van der Waals surface area contributed by atoms with Crippen LogP contribution in [0.3, 0.4) is 0 Å². The van der Waals surface area contributed by atoms with Crippen molar-refractivity contribution in [3.05, 3.63) is 63.6 Å². The predicted molar refractivity (Wildman–Crippen MR) is 138 cm³/mol. The van der Waals surface area contributed by atoms with Crippen LogP contribution in [0.2, 0.25) is 10.0 Å². The Balaban J connectivity index is 2.50. The molecule has 2 amide bonds. The molecule has 0 unspecified atom stereocenters. The molecule has 0 heterocycles. The van der Waals surface area contributed by atoms with Gasteiger partial charge in [-0.1, -0.05) is 42.3 Å². The number of anilines is 1. The molecule has 13 heteroatoms. The van der Waals surface area contributed by atoms with E-state index in [9.17, 15) is 31.2 Å². The molecule has 7 nitrogen and oxygen atoms in total. The van der Waals surface area contributed by atoms with Crippen molar-refractivity contribution in [3.63, 3.8) is 0 Å². The molecule has 37 heavy (non-hydrogen) atoms. The van der Waals surface area contributed by atoms with Crippen molar-refractivity contribution in [2.45, 2.75) is 52.0 Å². The molecule has 0 aliphatic carbocycles. The van der Waals surface area contributed by atoms with Crippen LogP contribution in [0.25, 0.3) is 0 Å². The molecule has 0 radical (unpaired) electrons. The van der Waals surface area contributed by atoms with Crippen molar-refractivity contribution >= 4 is 50.7 Å². The first-order chi connectivity index (χ1) is 17.1. The lowest BCUT2D eigenvalue weighted by atomic mass is 10.1. The van der Waals surface area contributed by atoms with E-state index >= 15 is 0 Å². The summed E-state index contributed by atoms with van der Waals surface area (Å²) in [6.45, 7) is 3.99. The Morgan fingerprint density at radius 1 is 1.05 bits per heavy atom. The van der Waals surface area contributed by atoms with Crippen LogP contribution in [0.5, 0.6) is 0 Å². The highest BCUT2D eigenvalue weighted by Crippen LogP contribution is 2.32. The molecular weight excluding hydrogens is 554 g/mol. The first-order valence-electron chi connectivity index (χ1n) is 11.2. The zero-order valence-corrected chi connectivity index (χ0v) is 23.0. The Hall–Kier alpha value is -2.50. The van der Waals surface area contributed by atoms with E-state index in [2.05, 4.69) is 5.32 Å². The molecule has 0 saturated carbocycles. The highest BCUT2D eigenvalue weighted by atomic mass is 35.5. The summed E-state index contributed by atoms with van der Waals surface area (Å²) in [5.74, 6) is -1.35. The van der Waals surface area contributed by atoms with Crippen LogP contribution in [0.4, 0.5) is 18.9 Å². The fourth-order valence-corrected chi connectivity index (χ4v) is 4.71. The number of hydrogen-bond acceptors (Lipinski definition) is 4. The van der Waals surface area contributed by atoms with E-state index in [-0.39, 0.29) is 28.3 Å². The molecule has 2 aromatic rings. The third-order valence-corrected chi connectivity index (χ3v) is 7.55. The number of carbonyl (C=O) groups is 2. The molecule has 0 aliphatic heterocycles. The number of benzene rings is 2. The van der Waals surface area contributed by atoms with Crippen molar-refractivity contribution in [1.82, 2.24) is 10.2 Å². The molecule has 0 aliphatic rings. The van der Waals surface area contributed by atoms with Gasteiger partial charge in [0.1, 0.15) is 12.6 Å². The highest BCUT2D eigenvalue weighted by molar-refractivity contribution is 7.92. The van der Waals surface area contributed by atoms with Crippen LogP contribution in [-0.2, 0) is 32.3 Å². The van der Waals surface area contributed by atoms with Gasteiger partial charge in [-0.25, -0.2) is 8.42 Å². The van der Waals surface area contributed by atoms with Gasteiger partial charge in [-0.3, -0.25) is 13.9 Å². The maximum atomic E-state index is 13.5. The summed E-state index contributed by atoms with van der Waals surface area (Å²) in [7, 11) is -4.20. The summed E-state index contributed by atoms with van der Waals surface area (Å²) in [5, 5.41) is 3.20. The number of nitrogens with zero attached hydrogens (tertiary/aromatic N) is 2. The van der Waals surface area contributed by atoms with Gasteiger partial charge in [0.15, 0.2) is 0 Å². The lowest BCUT2D eigenvalue weighted by Crippen LogP contribution is -2.52. The second-order valence-corrected chi connectivity index (χ2v) is 11.3. The zero-order valence-electron chi connectivity index (χ0n) is 20.6. The second-order valence-electron chi connectivity index (χ2n) is 8.53. The largest absolute Gasteiger partial charge is 0.416 e. The van der Waals surface area contributed by atoms with Gasteiger partial charge in [-0.05, 0) is 50.6 Å². The van der Waals surface area contributed by atoms with E-state index in [4.69, 9.17) is 23.2 Å². The van der Waals surface area contributed by atoms with Gasteiger partial charge in [0.25, 0.3) is 0 Å². The third-order valence-electron chi connectivity index (χ3n) is 5.70. The van der Waals surface area contributed by atoms with Crippen LogP contribution in [0.1, 0.15) is 38.3 Å². The number of carbonyl (C=O) groups excluding carboxylic acids is 2. The summed E-state index contributed by atoms with van der Waals surface area (Å²) in [4.78, 5) is 27.5. The average molecular weight is 582 g/mol. The highest BCUT2D eigenvalue weighted by Gasteiger charge is 2.34. The molecular formula is C24H28Cl2F3N3O4S. The zero-order chi connectivity index (χ0) is 28.1. The second kappa shape index (κ2) is 12.4. The summed E-state index contributed by atoms with van der Waals surface area (Å²) in [6.07, 6.45) is -3.33. The first-order valence-corrected chi connectivity index (χ1v) is 13.8. The number of hydrogen-bond donors (Lipinski definition) is 1. The van der Waals surface area contributed by atoms with Crippen LogP contribution in [-0.4, -0.2) is 50.0 Å². The topological polar surface area (TPSA) is 86.8 Å². The third kappa shape index (κ3) is 8.24. The quantitative estimate of drug-likeness (QED) is 0.422. The SMILES string of the molecule is CC[C@@H](C)NC(=O)[C@H](C)N(Cc1c(Cl)cccc1Cl)C(=O)CN(c1cccc(C(F)(F)F)c1)S(C)(=O)=O. The standard InChI is InChI=1S/C24H28Cl2F3N3O4S/c1-5-15(2)30-23(34)16(3)31(13-19-20(25)10-7-11-21(19)26)22(33)14-32(37(4,35)36)18-9-6-8-17(12-18)24(27,28)29/h6-12,15-16H,5,13-14H2,1-4H3,(H,30,34)/t15-,16+/m1/s1. The molecule has 1 N–H and O–H groups in total. The van der Waals surface area contributed by atoms with Gasteiger partial charge in [0.2, 0.25) is 21.8 Å². The summed E-state index contributed by atoms with van der Waals surface area (Å²) >= 11 is 12.5. The van der Waals surface area contributed by atoms with E-state index in [1.165, 1.54) is 6.92 Å². The monoisotopic (exact) mass is 581 g/mol. The number of alkyl halides is 3. The van der Waals surface area contributed by atoms with Crippen molar-refractivity contribution in [1.29, 1.82) is 0 Å². The Morgan fingerprint density at radius 3 is 2.14 bits per heavy atom. The molecule has 2 rings (SSSR count). The van der Waals surface area contributed by atoms with Gasteiger partial charge in [0, 0.05) is 28.2 Å². The summed E-state index contributed by atoms with van der Waals surface area (Å²) < 4.78 is 65.4. The van der Waals surface area contributed by atoms with Crippen molar-refractivity contribution < 1.29 is 31.2 Å². The van der Waals surface area contributed by atoms with E-state index in [0.29, 0.717) is 22.4 Å². The van der Waals surface area contributed by atoms with Crippen LogP contribution >= 0.6 is 23.2 Å². The number of amides is 2. The van der Waals surface area contributed by atoms with Gasteiger partial charge in [-0.15, -0.1) is 0 Å². The Morgan fingerprint density at radius 2 is 1.62 bits per heavy atom. The Kier molecular flexibility index (Phi) is 10.3. The Labute approximate surface area is 224 Å². The fraction of sp³-hybridized carbons (Fsp3) is 0.417. The normalized spacial score (nSPS) is 13.5. The molecule has 2 aromatic carbocycles. The van der Waals surface area contributed by atoms with Crippen molar-refractivity contribution in [2.75, 3.05) is 17.1 Å². The van der Waals surface area contributed by atoms with Gasteiger partial charge < -0.3 is 10.2 Å². The van der Waals surface area contributed by atoms with Crippen LogP contribution in [0, 0.1) is 0 Å². The number of halogens is 5. The number of rotatable bonds is 10. The Bertz CT molecular complexity index is 1220. The molecule has 0 saturated heterocycles. The van der Waals surface area contributed by atoms with Crippen LogP contribution < -0.4 is 9.62 Å². The summed E-state index contributed by atoms with van der Waals surface area (Å²) in [6, 6.07) is 7.02. The van der Waals surface area contributed by atoms with E-state index in [0.717, 1.165) is 29.4 Å². The predicted octanol–water partition coefficient (Wildman–Crippen LogP) is 5.11. The smallest absolute Gasteiger partial charge is 0.352 e. The van der Waals surface area contributed by atoms with Crippen molar-refractivity contribution in [3.8, 4) is 0 Å². The maximum Gasteiger partial charge on any atom is 0.416 e. The number of nitrogens with one attached hydrogen (secondary N) is 1. The first kappa shape index (κ1) is 30.7. The molecule has 204 valence electrons. The summed E-state index contributed by atoms with van der Waals surface area (Å²) in [5.41, 5.74) is -1.10. The lowest BCUT2D eigenvalue weighted by molar-refractivity contribution is -0.139. The minimum absolute atomic E-state index is 0.201. The maximum absolute atomic E-state index is 13.5. The minimum atomic E-state index is -4.72. The fourth-order valence-electron chi connectivity index (χ4n) is 3.35. The average Bonchev–Trinajstić information content (AvgIpc) is 2.80. The number of sulfonamides is 1. The molecule has 0 fully saturated rings. The minimum Gasteiger partial charge on any atom is -0.352 e. The molecule has 0 bridgehead atoms. The molecule has 0 spiro atoms. The van der Waals surface area contributed by atoms with Crippen molar-refractivity contribution in [2.24, 2.45) is 0 Å². The van der Waals surface area contributed by atoms with E-state index < -0.39 is 46.2 Å².